The third-order valence-corrected chi connectivity index (χ3v) is 5.80. The van der Waals surface area contributed by atoms with Crippen molar-refractivity contribution in [2.75, 3.05) is 6.54 Å². The Morgan fingerprint density at radius 3 is 2.92 bits per heavy atom. The molecule has 4 rings (SSSR count). The van der Waals surface area contributed by atoms with Crippen molar-refractivity contribution in [1.29, 1.82) is 0 Å². The lowest BCUT2D eigenvalue weighted by Gasteiger charge is -2.35. The molecule has 0 bridgehead atoms. The van der Waals surface area contributed by atoms with Crippen LogP contribution in [0.2, 0.25) is 0 Å². The zero-order valence-corrected chi connectivity index (χ0v) is 15.3. The number of rotatable bonds is 5. The molecule has 0 spiro atoms. The molecular weight excluding hydrogens is 308 g/mol. The summed E-state index contributed by atoms with van der Waals surface area (Å²) >= 11 is 0. The van der Waals surface area contributed by atoms with Crippen LogP contribution in [0.4, 0.5) is 0 Å². The van der Waals surface area contributed by atoms with Crippen LogP contribution in [0, 0.1) is 6.92 Å². The predicted octanol–water partition coefficient (Wildman–Crippen LogP) is 4.20. The summed E-state index contributed by atoms with van der Waals surface area (Å²) in [6, 6.07) is 9.30. The van der Waals surface area contributed by atoms with Gasteiger partial charge >= 0.3 is 0 Å². The minimum Gasteiger partial charge on any atom is -0.357 e. The number of aromatic amines is 1. The number of benzene rings is 1. The Morgan fingerprint density at radius 1 is 1.24 bits per heavy atom. The number of imidazole rings is 1. The summed E-state index contributed by atoms with van der Waals surface area (Å²) in [5.41, 5.74) is 4.05. The third-order valence-electron chi connectivity index (χ3n) is 5.80. The predicted molar refractivity (Wildman–Crippen MR) is 103 cm³/mol. The van der Waals surface area contributed by atoms with Gasteiger partial charge in [-0.1, -0.05) is 24.6 Å². The topological polar surface area (TPSA) is 36.9 Å². The zero-order valence-electron chi connectivity index (χ0n) is 15.3. The molecule has 0 unspecified atom stereocenters. The van der Waals surface area contributed by atoms with Crippen molar-refractivity contribution >= 4 is 10.9 Å². The van der Waals surface area contributed by atoms with Crippen LogP contribution in [0.5, 0.6) is 0 Å². The number of H-pyrrole nitrogens is 1. The van der Waals surface area contributed by atoms with E-state index in [1.807, 2.05) is 12.4 Å². The molecule has 1 N–H and O–H groups in total. The lowest BCUT2D eigenvalue weighted by Crippen LogP contribution is -2.39. The van der Waals surface area contributed by atoms with E-state index < -0.39 is 0 Å². The summed E-state index contributed by atoms with van der Waals surface area (Å²) in [6.45, 7) is 4.49. The van der Waals surface area contributed by atoms with Crippen molar-refractivity contribution in [3.8, 4) is 0 Å². The van der Waals surface area contributed by atoms with Crippen molar-refractivity contribution in [3.05, 3.63) is 53.7 Å². The molecule has 2 aromatic heterocycles. The summed E-state index contributed by atoms with van der Waals surface area (Å²) in [6.07, 6.45) is 10.2. The first kappa shape index (κ1) is 16.4. The van der Waals surface area contributed by atoms with Gasteiger partial charge in [0.2, 0.25) is 0 Å². The molecule has 0 aliphatic carbocycles. The largest absolute Gasteiger partial charge is 0.357 e. The first-order valence-corrected chi connectivity index (χ1v) is 9.49. The number of para-hydroxylation sites is 1. The Bertz CT molecular complexity index is 845. The van der Waals surface area contributed by atoms with Crippen LogP contribution in [0.1, 0.15) is 42.8 Å². The molecule has 4 heteroatoms. The number of piperidine rings is 1. The molecule has 3 aromatic rings. The lowest BCUT2D eigenvalue weighted by atomic mass is 9.97. The van der Waals surface area contributed by atoms with E-state index in [4.69, 9.17) is 0 Å². The SMILES string of the molecule is Cc1c(CN2CCCC[C@@H]2CCc2nccn2C)[nH]c2ccccc12. The highest BCUT2D eigenvalue weighted by Crippen LogP contribution is 2.27. The molecule has 1 aliphatic heterocycles. The van der Waals surface area contributed by atoms with Crippen LogP contribution in [-0.4, -0.2) is 32.0 Å². The third kappa shape index (κ3) is 3.36. The second-order valence-electron chi connectivity index (χ2n) is 7.39. The number of aromatic nitrogens is 3. The van der Waals surface area contributed by atoms with Gasteiger partial charge in [-0.3, -0.25) is 4.90 Å². The minimum absolute atomic E-state index is 0.663. The number of hydrogen-bond donors (Lipinski definition) is 1. The number of likely N-dealkylation sites (tertiary alicyclic amines) is 1. The van der Waals surface area contributed by atoms with E-state index in [0.29, 0.717) is 6.04 Å². The molecule has 132 valence electrons. The zero-order chi connectivity index (χ0) is 17.2. The van der Waals surface area contributed by atoms with Crippen LogP contribution in [0.3, 0.4) is 0 Å². The van der Waals surface area contributed by atoms with Crippen LogP contribution in [0.15, 0.2) is 36.7 Å². The molecule has 25 heavy (non-hydrogen) atoms. The monoisotopic (exact) mass is 336 g/mol. The van der Waals surface area contributed by atoms with Gasteiger partial charge in [0, 0.05) is 55.0 Å². The second-order valence-corrected chi connectivity index (χ2v) is 7.39. The van der Waals surface area contributed by atoms with Gasteiger partial charge in [-0.15, -0.1) is 0 Å². The maximum Gasteiger partial charge on any atom is 0.108 e. The van der Waals surface area contributed by atoms with Crippen LogP contribution < -0.4 is 0 Å². The fourth-order valence-electron chi connectivity index (χ4n) is 4.23. The number of hydrogen-bond acceptors (Lipinski definition) is 2. The van der Waals surface area contributed by atoms with E-state index in [9.17, 15) is 0 Å². The Balaban J connectivity index is 1.48. The number of nitrogens with zero attached hydrogens (tertiary/aromatic N) is 3. The Kier molecular flexibility index (Phi) is 4.62. The quantitative estimate of drug-likeness (QED) is 0.758. The van der Waals surface area contributed by atoms with Crippen LogP contribution in [-0.2, 0) is 20.0 Å². The first-order chi connectivity index (χ1) is 12.2. The Morgan fingerprint density at radius 2 is 2.12 bits per heavy atom. The van der Waals surface area contributed by atoms with Crippen molar-refractivity contribution in [2.45, 2.75) is 51.6 Å². The molecule has 1 saturated heterocycles. The summed E-state index contributed by atoms with van der Waals surface area (Å²) in [7, 11) is 2.09. The molecule has 0 radical (unpaired) electrons. The van der Waals surface area contributed by atoms with Gasteiger partial charge in [0.05, 0.1) is 0 Å². The standard InChI is InChI=1S/C21H28N4/c1-16-18-8-3-4-9-19(18)23-20(16)15-25-13-6-5-7-17(25)10-11-21-22-12-14-24(21)2/h3-4,8-9,12,14,17,23H,5-7,10-11,13,15H2,1-2H3/t17-/m1/s1. The fourth-order valence-corrected chi connectivity index (χ4v) is 4.23. The molecule has 1 aromatic carbocycles. The van der Waals surface area contributed by atoms with Crippen molar-refractivity contribution in [3.63, 3.8) is 0 Å². The van der Waals surface area contributed by atoms with Gasteiger partial charge in [-0.05, 0) is 44.4 Å². The normalized spacial score (nSPS) is 18.9. The Hall–Kier alpha value is -2.07. The molecule has 0 amide bonds. The second kappa shape index (κ2) is 7.04. The van der Waals surface area contributed by atoms with Gasteiger partial charge in [-0.25, -0.2) is 4.98 Å². The lowest BCUT2D eigenvalue weighted by molar-refractivity contribution is 0.130. The number of fused-ring (bicyclic) bond motifs is 1. The van der Waals surface area contributed by atoms with E-state index in [1.165, 1.54) is 60.2 Å². The van der Waals surface area contributed by atoms with Crippen molar-refractivity contribution in [2.24, 2.45) is 7.05 Å². The van der Waals surface area contributed by atoms with Crippen LogP contribution >= 0.6 is 0 Å². The van der Waals surface area contributed by atoms with Crippen molar-refractivity contribution in [1.82, 2.24) is 19.4 Å². The first-order valence-electron chi connectivity index (χ1n) is 9.49. The molecule has 4 nitrogen and oxygen atoms in total. The molecular formula is C21H28N4. The van der Waals surface area contributed by atoms with Gasteiger partial charge in [0.1, 0.15) is 5.82 Å². The summed E-state index contributed by atoms with van der Waals surface area (Å²) in [5, 5.41) is 1.36. The molecule has 3 heterocycles. The van der Waals surface area contributed by atoms with Gasteiger partial charge in [-0.2, -0.15) is 0 Å². The van der Waals surface area contributed by atoms with E-state index in [-0.39, 0.29) is 0 Å². The average Bonchev–Trinajstić information content (AvgIpc) is 3.18. The summed E-state index contributed by atoms with van der Waals surface area (Å²) < 4.78 is 2.15. The number of aryl methyl sites for hydroxylation is 3. The molecule has 1 atom stereocenters. The van der Waals surface area contributed by atoms with E-state index in [1.54, 1.807) is 0 Å². The smallest absolute Gasteiger partial charge is 0.108 e. The maximum atomic E-state index is 4.49. The maximum absolute atomic E-state index is 4.49. The van der Waals surface area contributed by atoms with Crippen molar-refractivity contribution < 1.29 is 0 Å². The number of nitrogens with one attached hydrogen (secondary N) is 1. The molecule has 0 saturated carbocycles. The van der Waals surface area contributed by atoms with E-state index in [0.717, 1.165) is 13.0 Å². The highest BCUT2D eigenvalue weighted by Gasteiger charge is 2.24. The summed E-state index contributed by atoms with van der Waals surface area (Å²) in [5.74, 6) is 1.20. The highest BCUT2D eigenvalue weighted by atomic mass is 15.2. The van der Waals surface area contributed by atoms with E-state index >= 15 is 0 Å². The van der Waals surface area contributed by atoms with Gasteiger partial charge in [0.25, 0.3) is 0 Å². The Labute approximate surface area is 149 Å². The molecule has 1 fully saturated rings. The highest BCUT2D eigenvalue weighted by molar-refractivity contribution is 5.84. The van der Waals surface area contributed by atoms with E-state index in [2.05, 4.69) is 57.7 Å². The minimum atomic E-state index is 0.663. The molecule has 1 aliphatic rings. The van der Waals surface area contributed by atoms with Crippen LogP contribution in [0.25, 0.3) is 10.9 Å². The average molecular weight is 336 g/mol. The van der Waals surface area contributed by atoms with Gasteiger partial charge in [0.15, 0.2) is 0 Å². The fraction of sp³-hybridized carbons (Fsp3) is 0.476. The van der Waals surface area contributed by atoms with Gasteiger partial charge < -0.3 is 9.55 Å². The summed E-state index contributed by atoms with van der Waals surface area (Å²) in [4.78, 5) is 10.8.